The van der Waals surface area contributed by atoms with Crippen molar-refractivity contribution in [1.82, 2.24) is 14.4 Å². The number of ether oxygens (including phenoxy) is 2. The minimum absolute atomic E-state index is 0.0207. The second-order valence-electron chi connectivity index (χ2n) is 9.52. The van der Waals surface area contributed by atoms with Crippen LogP contribution in [-0.4, -0.2) is 78.3 Å². The molecule has 1 aliphatic heterocycles. The van der Waals surface area contributed by atoms with E-state index in [0.29, 0.717) is 48.9 Å². The second-order valence-corrected chi connectivity index (χ2v) is 9.52. The number of aromatic nitrogens is 1. The molecule has 1 saturated heterocycles. The average Bonchev–Trinajstić information content (AvgIpc) is 3.25. The van der Waals surface area contributed by atoms with Crippen LogP contribution in [0.25, 0.3) is 0 Å². The fourth-order valence-electron chi connectivity index (χ4n) is 4.62. The number of Topliss-reactive ketones (excluding diaryl/α,β-unsaturated/α-hetero) is 1. The second kappa shape index (κ2) is 12.3. The summed E-state index contributed by atoms with van der Waals surface area (Å²) in [6.07, 6.45) is -4.84. The van der Waals surface area contributed by atoms with E-state index in [-0.39, 0.29) is 36.2 Å². The van der Waals surface area contributed by atoms with Gasteiger partial charge in [-0.05, 0) is 55.0 Å². The summed E-state index contributed by atoms with van der Waals surface area (Å²) in [4.78, 5) is 41.6. The van der Waals surface area contributed by atoms with E-state index in [2.05, 4.69) is 10.1 Å². The predicted octanol–water partition coefficient (Wildman–Crippen LogP) is 3.88. The molecule has 3 aromatic rings. The van der Waals surface area contributed by atoms with Crippen LogP contribution in [0.4, 0.5) is 23.7 Å². The maximum Gasteiger partial charge on any atom is 0.573 e. The molecular weight excluding hydrogens is 543 g/mol. The van der Waals surface area contributed by atoms with Crippen molar-refractivity contribution in [2.75, 3.05) is 45.2 Å². The van der Waals surface area contributed by atoms with E-state index in [1.807, 2.05) is 4.90 Å². The van der Waals surface area contributed by atoms with Gasteiger partial charge in [0.25, 0.3) is 5.91 Å². The molecule has 1 fully saturated rings. The summed E-state index contributed by atoms with van der Waals surface area (Å²) in [5.74, 6) is -0.730. The molecule has 0 aliphatic carbocycles. The highest BCUT2D eigenvalue weighted by atomic mass is 19.4. The van der Waals surface area contributed by atoms with Gasteiger partial charge in [-0.3, -0.25) is 14.5 Å². The molecule has 2 aromatic carbocycles. The monoisotopic (exact) mass is 573 g/mol. The van der Waals surface area contributed by atoms with Crippen molar-refractivity contribution in [3.63, 3.8) is 0 Å². The van der Waals surface area contributed by atoms with Crippen LogP contribution in [0.2, 0.25) is 0 Å². The number of urea groups is 1. The zero-order valence-corrected chi connectivity index (χ0v) is 22.5. The van der Waals surface area contributed by atoms with E-state index < -0.39 is 18.0 Å². The number of methoxy groups -OCH3 is 1. The minimum atomic E-state index is -4.84. The van der Waals surface area contributed by atoms with E-state index in [1.54, 1.807) is 53.8 Å². The van der Waals surface area contributed by atoms with Gasteiger partial charge in [-0.1, -0.05) is 12.1 Å². The normalized spacial score (nSPS) is 14.0. The van der Waals surface area contributed by atoms with Crippen LogP contribution in [0, 0.1) is 6.92 Å². The third-order valence-corrected chi connectivity index (χ3v) is 6.76. The summed E-state index contributed by atoms with van der Waals surface area (Å²) in [7, 11) is 1.56. The molecule has 3 amide bonds. The number of carbonyl (C=O) groups excluding carboxylic acids is 3. The van der Waals surface area contributed by atoms with E-state index in [0.717, 1.165) is 0 Å². The van der Waals surface area contributed by atoms with E-state index >= 15 is 0 Å². The fourth-order valence-corrected chi connectivity index (χ4v) is 4.62. The van der Waals surface area contributed by atoms with Crippen LogP contribution in [0.3, 0.4) is 0 Å². The first-order chi connectivity index (χ1) is 19.4. The van der Waals surface area contributed by atoms with Crippen LogP contribution < -0.4 is 20.5 Å². The molecule has 1 aromatic heterocycles. The van der Waals surface area contributed by atoms with Crippen molar-refractivity contribution in [3.05, 3.63) is 77.1 Å². The van der Waals surface area contributed by atoms with Crippen molar-refractivity contribution in [2.45, 2.75) is 19.8 Å². The number of alkyl halides is 3. The topological polar surface area (TPSA) is 119 Å². The number of nitrogens with two attached hydrogens (primary N) is 1. The number of amides is 3. The first-order valence-electron chi connectivity index (χ1n) is 12.7. The fraction of sp³-hybridized carbons (Fsp3) is 0.321. The van der Waals surface area contributed by atoms with Gasteiger partial charge in [0.15, 0.2) is 5.78 Å². The number of nitrogens with zero attached hydrogens (tertiary/aromatic N) is 3. The SMILES string of the molecule is COc1ccc(NC(=O)N2CCN(CC(=O)c3cc(C(N)=O)c(C)n3Cc3cccc(OC(F)(F)F)c3)CC2)cc1. The van der Waals surface area contributed by atoms with Crippen molar-refractivity contribution in [2.24, 2.45) is 5.73 Å². The highest BCUT2D eigenvalue weighted by Crippen LogP contribution is 2.25. The zero-order chi connectivity index (χ0) is 29.7. The Morgan fingerprint density at radius 1 is 0.976 bits per heavy atom. The van der Waals surface area contributed by atoms with Gasteiger partial charge < -0.3 is 30.0 Å². The lowest BCUT2D eigenvalue weighted by molar-refractivity contribution is -0.274. The van der Waals surface area contributed by atoms with Gasteiger partial charge in [0, 0.05) is 44.1 Å². The molecule has 0 radical (unpaired) electrons. The van der Waals surface area contributed by atoms with Gasteiger partial charge >= 0.3 is 12.4 Å². The number of hydrogen-bond acceptors (Lipinski definition) is 6. The number of piperazine rings is 1. The lowest BCUT2D eigenvalue weighted by Gasteiger charge is -2.34. The number of hydrogen-bond donors (Lipinski definition) is 2. The van der Waals surface area contributed by atoms with Gasteiger partial charge in [0.05, 0.1) is 24.9 Å². The van der Waals surface area contributed by atoms with Crippen LogP contribution in [0.15, 0.2) is 54.6 Å². The van der Waals surface area contributed by atoms with Crippen LogP contribution in [0.5, 0.6) is 11.5 Å². The number of benzene rings is 2. The lowest BCUT2D eigenvalue weighted by Crippen LogP contribution is -2.51. The van der Waals surface area contributed by atoms with Crippen molar-refractivity contribution in [1.29, 1.82) is 0 Å². The molecule has 0 saturated carbocycles. The third kappa shape index (κ3) is 7.57. The Morgan fingerprint density at radius 2 is 1.66 bits per heavy atom. The van der Waals surface area contributed by atoms with Gasteiger partial charge in [0.1, 0.15) is 11.5 Å². The van der Waals surface area contributed by atoms with Gasteiger partial charge in [0.2, 0.25) is 0 Å². The summed E-state index contributed by atoms with van der Waals surface area (Å²) < 4.78 is 48.7. The highest BCUT2D eigenvalue weighted by molar-refractivity contribution is 6.01. The number of halogens is 3. The van der Waals surface area contributed by atoms with Gasteiger partial charge in [-0.2, -0.15) is 0 Å². The molecule has 13 heteroatoms. The highest BCUT2D eigenvalue weighted by Gasteiger charge is 2.31. The lowest BCUT2D eigenvalue weighted by atomic mass is 10.2. The van der Waals surface area contributed by atoms with Gasteiger partial charge in [-0.15, -0.1) is 13.2 Å². The van der Waals surface area contributed by atoms with Crippen molar-refractivity contribution in [3.8, 4) is 11.5 Å². The molecule has 3 N–H and O–H groups in total. The number of nitrogens with one attached hydrogen (secondary N) is 1. The molecule has 0 bridgehead atoms. The Balaban J connectivity index is 1.41. The molecule has 41 heavy (non-hydrogen) atoms. The molecule has 0 unspecified atom stereocenters. The smallest absolute Gasteiger partial charge is 0.497 e. The van der Waals surface area contributed by atoms with Crippen LogP contribution in [-0.2, 0) is 6.54 Å². The van der Waals surface area contributed by atoms with E-state index in [1.165, 1.54) is 24.3 Å². The summed E-state index contributed by atoms with van der Waals surface area (Å²) in [6.45, 7) is 3.35. The molecule has 218 valence electrons. The molecule has 2 heterocycles. The molecule has 10 nitrogen and oxygen atoms in total. The Labute approximate surface area is 234 Å². The number of rotatable bonds is 9. The quantitative estimate of drug-likeness (QED) is 0.375. The zero-order valence-electron chi connectivity index (χ0n) is 22.5. The molecule has 0 atom stereocenters. The Bertz CT molecular complexity index is 1410. The average molecular weight is 574 g/mol. The maximum atomic E-state index is 13.4. The Kier molecular flexibility index (Phi) is 8.86. The van der Waals surface area contributed by atoms with Gasteiger partial charge in [-0.25, -0.2) is 4.79 Å². The molecule has 1 aliphatic rings. The number of carbonyl (C=O) groups is 3. The maximum absolute atomic E-state index is 13.4. The van der Waals surface area contributed by atoms with Crippen molar-refractivity contribution >= 4 is 23.4 Å². The first kappa shape index (κ1) is 29.5. The standard InChI is InChI=1S/C28H30F3N5O5/c1-18-23(26(32)38)15-24(36(18)16-19-4-3-5-22(14-19)41-28(29,30)31)25(37)17-34-10-12-35(13-11-34)27(39)33-20-6-8-21(40-2)9-7-20/h3-9,14-15H,10-13,16-17H2,1-2H3,(H2,32,38)(H,33,39). The summed E-state index contributed by atoms with van der Waals surface area (Å²) in [6, 6.07) is 13.5. The summed E-state index contributed by atoms with van der Waals surface area (Å²) in [5, 5.41) is 2.84. The van der Waals surface area contributed by atoms with Crippen LogP contribution >= 0.6 is 0 Å². The summed E-state index contributed by atoms with van der Waals surface area (Å²) >= 11 is 0. The number of ketones is 1. The largest absolute Gasteiger partial charge is 0.573 e. The minimum Gasteiger partial charge on any atom is -0.497 e. The number of primary amides is 1. The van der Waals surface area contributed by atoms with Crippen molar-refractivity contribution < 1.29 is 37.0 Å². The molecule has 4 rings (SSSR count). The van der Waals surface area contributed by atoms with Crippen LogP contribution in [0.1, 0.15) is 32.1 Å². The predicted molar refractivity (Wildman–Crippen MR) is 144 cm³/mol. The number of anilines is 1. The molecular formula is C28H30F3N5O5. The Hall–Kier alpha value is -4.52. The first-order valence-corrected chi connectivity index (χ1v) is 12.7. The molecule has 0 spiro atoms. The van der Waals surface area contributed by atoms with E-state index in [9.17, 15) is 27.6 Å². The Morgan fingerprint density at radius 3 is 2.27 bits per heavy atom. The summed E-state index contributed by atoms with van der Waals surface area (Å²) in [5.41, 5.74) is 7.35. The van der Waals surface area contributed by atoms with E-state index in [4.69, 9.17) is 10.5 Å². The third-order valence-electron chi connectivity index (χ3n) is 6.76.